The average Bonchev–Trinajstić information content (AvgIpc) is 2.74. The summed E-state index contributed by atoms with van der Waals surface area (Å²) in [6.07, 6.45) is 3.65. The Labute approximate surface area is 109 Å². The first-order valence-corrected chi connectivity index (χ1v) is 7.11. The molecule has 2 heteroatoms. The third kappa shape index (κ3) is 1.95. The van der Waals surface area contributed by atoms with E-state index in [2.05, 4.69) is 42.3 Å². The van der Waals surface area contributed by atoms with E-state index in [1.807, 2.05) is 0 Å². The van der Waals surface area contributed by atoms with Gasteiger partial charge in [0, 0.05) is 16.6 Å². The third-order valence-corrected chi connectivity index (χ3v) is 4.26. The van der Waals surface area contributed by atoms with Gasteiger partial charge in [0.1, 0.15) is 0 Å². The van der Waals surface area contributed by atoms with E-state index >= 15 is 0 Å². The van der Waals surface area contributed by atoms with Gasteiger partial charge in [0.05, 0.1) is 0 Å². The number of hydrogen-bond donors (Lipinski definition) is 2. The molecule has 2 aromatic rings. The summed E-state index contributed by atoms with van der Waals surface area (Å²) in [6, 6.07) is 6.87. The Morgan fingerprint density at radius 1 is 1.22 bits per heavy atom. The Bertz CT molecular complexity index is 547. The molecule has 0 spiro atoms. The van der Waals surface area contributed by atoms with Crippen molar-refractivity contribution in [1.82, 2.24) is 10.3 Å². The number of rotatable bonds is 2. The van der Waals surface area contributed by atoms with Gasteiger partial charge in [-0.15, -0.1) is 0 Å². The number of H-pyrrole nitrogens is 1. The molecule has 2 N–H and O–H groups in total. The number of nitrogens with one attached hydrogen (secondary N) is 2. The number of fused-ring (bicyclic) bond motifs is 1. The van der Waals surface area contributed by atoms with Crippen LogP contribution in [0.4, 0.5) is 0 Å². The van der Waals surface area contributed by atoms with E-state index in [1.165, 1.54) is 35.0 Å². The zero-order valence-corrected chi connectivity index (χ0v) is 11.3. The highest BCUT2D eigenvalue weighted by atomic mass is 14.9. The molecule has 1 aliphatic rings. The van der Waals surface area contributed by atoms with Gasteiger partial charge < -0.3 is 10.3 Å². The molecule has 0 aliphatic carbocycles. The summed E-state index contributed by atoms with van der Waals surface area (Å²) >= 11 is 0. The average molecular weight is 242 g/mol. The third-order valence-electron chi connectivity index (χ3n) is 4.26. The van der Waals surface area contributed by atoms with Crippen LogP contribution >= 0.6 is 0 Å². The van der Waals surface area contributed by atoms with Crippen molar-refractivity contribution in [2.24, 2.45) is 0 Å². The fraction of sp³-hybridized carbons (Fsp3) is 0.500. The smallest absolute Gasteiger partial charge is 0.0459 e. The van der Waals surface area contributed by atoms with E-state index in [0.717, 1.165) is 25.4 Å². The molecule has 0 bridgehead atoms. The fourth-order valence-electron chi connectivity index (χ4n) is 3.25. The van der Waals surface area contributed by atoms with E-state index in [0.29, 0.717) is 0 Å². The molecule has 0 amide bonds. The minimum absolute atomic E-state index is 0.729. The highest BCUT2D eigenvalue weighted by Gasteiger charge is 2.20. The first-order valence-electron chi connectivity index (χ1n) is 7.11. The maximum atomic E-state index is 3.56. The van der Waals surface area contributed by atoms with Crippen LogP contribution in [-0.2, 0) is 6.42 Å². The molecule has 0 unspecified atom stereocenters. The maximum Gasteiger partial charge on any atom is 0.0459 e. The summed E-state index contributed by atoms with van der Waals surface area (Å²) in [5.41, 5.74) is 5.68. The maximum absolute atomic E-state index is 3.56. The van der Waals surface area contributed by atoms with E-state index < -0.39 is 0 Å². The monoisotopic (exact) mass is 242 g/mol. The Hall–Kier alpha value is -1.28. The minimum Gasteiger partial charge on any atom is -0.358 e. The largest absolute Gasteiger partial charge is 0.358 e. The number of piperidine rings is 1. The molecule has 0 saturated carbocycles. The van der Waals surface area contributed by atoms with Crippen LogP contribution in [0.25, 0.3) is 10.9 Å². The van der Waals surface area contributed by atoms with Gasteiger partial charge in [0.15, 0.2) is 0 Å². The van der Waals surface area contributed by atoms with Crippen molar-refractivity contribution in [3.63, 3.8) is 0 Å². The lowest BCUT2D eigenvalue weighted by Gasteiger charge is -2.23. The summed E-state index contributed by atoms with van der Waals surface area (Å²) in [7, 11) is 0. The molecular formula is C16H22N2. The van der Waals surface area contributed by atoms with E-state index in [1.54, 1.807) is 5.56 Å². The molecule has 1 fully saturated rings. The van der Waals surface area contributed by atoms with Crippen molar-refractivity contribution in [2.75, 3.05) is 13.1 Å². The molecule has 1 aromatic carbocycles. The van der Waals surface area contributed by atoms with E-state index in [-0.39, 0.29) is 0 Å². The highest BCUT2D eigenvalue weighted by Crippen LogP contribution is 2.34. The summed E-state index contributed by atoms with van der Waals surface area (Å²) in [5, 5.41) is 4.91. The first kappa shape index (κ1) is 11.8. The topological polar surface area (TPSA) is 27.8 Å². The zero-order valence-electron chi connectivity index (χ0n) is 11.3. The van der Waals surface area contributed by atoms with Gasteiger partial charge in [-0.3, -0.25) is 0 Å². The van der Waals surface area contributed by atoms with Crippen LogP contribution in [0.1, 0.15) is 42.5 Å². The Kier molecular flexibility index (Phi) is 3.13. The second-order valence-electron chi connectivity index (χ2n) is 5.42. The second-order valence-corrected chi connectivity index (χ2v) is 5.42. The molecule has 96 valence electrons. The quantitative estimate of drug-likeness (QED) is 0.828. The molecule has 1 saturated heterocycles. The first-order chi connectivity index (χ1) is 8.79. The molecule has 0 atom stereocenters. The van der Waals surface area contributed by atoms with Crippen molar-refractivity contribution in [3.05, 3.63) is 35.0 Å². The van der Waals surface area contributed by atoms with Crippen LogP contribution in [0.3, 0.4) is 0 Å². The molecule has 18 heavy (non-hydrogen) atoms. The summed E-state index contributed by atoms with van der Waals surface area (Å²) in [4.78, 5) is 3.56. The van der Waals surface area contributed by atoms with Gasteiger partial charge in [-0.2, -0.15) is 0 Å². The van der Waals surface area contributed by atoms with Crippen molar-refractivity contribution in [1.29, 1.82) is 0 Å². The zero-order chi connectivity index (χ0) is 12.5. The lowest BCUT2D eigenvalue weighted by molar-refractivity contribution is 0.461. The van der Waals surface area contributed by atoms with Crippen molar-refractivity contribution in [3.8, 4) is 0 Å². The summed E-state index contributed by atoms with van der Waals surface area (Å²) in [6.45, 7) is 6.77. The number of benzene rings is 1. The van der Waals surface area contributed by atoms with Gasteiger partial charge >= 0.3 is 0 Å². The number of aromatic nitrogens is 1. The normalized spacial score (nSPS) is 17.4. The van der Waals surface area contributed by atoms with E-state index in [4.69, 9.17) is 0 Å². The van der Waals surface area contributed by atoms with Gasteiger partial charge in [0.2, 0.25) is 0 Å². The van der Waals surface area contributed by atoms with Crippen LogP contribution in [0.5, 0.6) is 0 Å². The highest BCUT2D eigenvalue weighted by molar-refractivity contribution is 5.86. The lowest BCUT2D eigenvalue weighted by Crippen LogP contribution is -2.26. The molecule has 3 rings (SSSR count). The van der Waals surface area contributed by atoms with Crippen LogP contribution in [0, 0.1) is 6.92 Å². The van der Waals surface area contributed by atoms with Gasteiger partial charge in [-0.05, 0) is 68.5 Å². The summed E-state index contributed by atoms with van der Waals surface area (Å²) < 4.78 is 0. The second kappa shape index (κ2) is 4.77. The van der Waals surface area contributed by atoms with E-state index in [9.17, 15) is 0 Å². The van der Waals surface area contributed by atoms with Crippen LogP contribution in [-0.4, -0.2) is 18.1 Å². The number of aromatic amines is 1. The van der Waals surface area contributed by atoms with Crippen molar-refractivity contribution >= 4 is 10.9 Å². The molecule has 1 aliphatic heterocycles. The van der Waals surface area contributed by atoms with Crippen LogP contribution in [0.2, 0.25) is 0 Å². The van der Waals surface area contributed by atoms with Crippen molar-refractivity contribution < 1.29 is 0 Å². The Morgan fingerprint density at radius 2 is 2.00 bits per heavy atom. The Morgan fingerprint density at radius 3 is 2.72 bits per heavy atom. The molecular weight excluding hydrogens is 220 g/mol. The lowest BCUT2D eigenvalue weighted by atomic mass is 9.88. The van der Waals surface area contributed by atoms with Crippen LogP contribution < -0.4 is 5.32 Å². The van der Waals surface area contributed by atoms with Gasteiger partial charge in [-0.1, -0.05) is 13.0 Å². The SMILES string of the molecule is CCc1ccc2[nH]c(C)c(C3CCNCC3)c2c1. The van der Waals surface area contributed by atoms with Crippen LogP contribution in [0.15, 0.2) is 18.2 Å². The Balaban J connectivity index is 2.10. The standard InChI is InChI=1S/C16H22N2/c1-3-12-4-5-15-14(10-12)16(11(2)18-15)13-6-8-17-9-7-13/h4-5,10,13,17-18H,3,6-9H2,1-2H3. The predicted molar refractivity (Wildman–Crippen MR) is 77.3 cm³/mol. The van der Waals surface area contributed by atoms with Gasteiger partial charge in [-0.25, -0.2) is 0 Å². The van der Waals surface area contributed by atoms with Crippen molar-refractivity contribution in [2.45, 2.75) is 39.0 Å². The minimum atomic E-state index is 0.729. The summed E-state index contributed by atoms with van der Waals surface area (Å²) in [5.74, 6) is 0.729. The fourth-order valence-corrected chi connectivity index (χ4v) is 3.25. The number of hydrogen-bond acceptors (Lipinski definition) is 1. The predicted octanol–water partition coefficient (Wildman–Crippen LogP) is 3.51. The molecule has 2 heterocycles. The number of aryl methyl sites for hydroxylation is 2. The molecule has 2 nitrogen and oxygen atoms in total. The van der Waals surface area contributed by atoms with Gasteiger partial charge in [0.25, 0.3) is 0 Å². The molecule has 1 aromatic heterocycles. The molecule has 0 radical (unpaired) electrons.